The molecule has 37 heavy (non-hydrogen) atoms. The molecule has 0 saturated carbocycles. The summed E-state index contributed by atoms with van der Waals surface area (Å²) in [5.41, 5.74) is 2.75. The van der Waals surface area contributed by atoms with Gasteiger partial charge in [-0.2, -0.15) is 0 Å². The Balaban J connectivity index is 2.09. The number of terminal acetylenes is 1. The Labute approximate surface area is 222 Å². The molecule has 3 aromatic carbocycles. The monoisotopic (exact) mass is 520 g/mol. The molecule has 0 amide bonds. The summed E-state index contributed by atoms with van der Waals surface area (Å²) >= 11 is 1.45. The highest BCUT2D eigenvalue weighted by molar-refractivity contribution is 8.00. The largest absolute Gasteiger partial charge is 0.496 e. The topological polar surface area (TPSA) is 68.3 Å². The van der Waals surface area contributed by atoms with Crippen LogP contribution in [0, 0.1) is 19.3 Å². The second kappa shape index (κ2) is 12.9. The minimum Gasteiger partial charge on any atom is -0.496 e. The van der Waals surface area contributed by atoms with Crippen LogP contribution in [-0.2, 0) is 19.1 Å². The lowest BCUT2D eigenvalue weighted by Gasteiger charge is -2.31. The van der Waals surface area contributed by atoms with Crippen LogP contribution in [0.3, 0.4) is 0 Å². The number of anilines is 2. The average Bonchev–Trinajstić information content (AvgIpc) is 2.90. The lowest BCUT2D eigenvalue weighted by molar-refractivity contribution is -0.141. The Kier molecular flexibility index (Phi) is 9.70. The van der Waals surface area contributed by atoms with Crippen molar-refractivity contribution in [2.75, 3.05) is 43.6 Å². The number of hydrogen-bond acceptors (Lipinski definition) is 8. The Morgan fingerprint density at radius 1 is 0.973 bits per heavy atom. The lowest BCUT2D eigenvalue weighted by atomic mass is 10.0. The van der Waals surface area contributed by atoms with Gasteiger partial charge in [0.1, 0.15) is 12.3 Å². The number of hydrogen-bond donors (Lipinski definition) is 0. The van der Waals surface area contributed by atoms with Gasteiger partial charge in [0, 0.05) is 27.4 Å². The first kappa shape index (κ1) is 27.8. The van der Waals surface area contributed by atoms with E-state index < -0.39 is 0 Å². The first-order chi connectivity index (χ1) is 17.8. The van der Waals surface area contributed by atoms with Crippen LogP contribution in [0.15, 0.2) is 59.5 Å². The third-order valence-electron chi connectivity index (χ3n) is 6.02. The summed E-state index contributed by atoms with van der Waals surface area (Å²) in [7, 11) is 4.40. The number of nitrogens with zero attached hydrogens (tertiary/aromatic N) is 2. The molecule has 194 valence electrons. The highest BCUT2D eigenvalue weighted by Gasteiger charge is 2.23. The van der Waals surface area contributed by atoms with E-state index >= 15 is 0 Å². The molecule has 0 aliphatic heterocycles. The number of fused-ring (bicyclic) bond motifs is 1. The highest BCUT2D eigenvalue weighted by Crippen LogP contribution is 2.39. The number of methoxy groups -OCH3 is 3. The Morgan fingerprint density at radius 2 is 1.62 bits per heavy atom. The molecule has 0 aliphatic rings. The summed E-state index contributed by atoms with van der Waals surface area (Å²) in [6.07, 6.45) is 5.90. The molecule has 0 bridgehead atoms. The predicted octanol–water partition coefficient (Wildman–Crippen LogP) is 5.23. The van der Waals surface area contributed by atoms with E-state index in [2.05, 4.69) is 5.92 Å². The fourth-order valence-corrected chi connectivity index (χ4v) is 5.17. The number of ether oxygens (including phenoxy) is 3. The molecule has 0 aliphatic carbocycles. The molecule has 0 spiro atoms. The van der Waals surface area contributed by atoms with Crippen molar-refractivity contribution >= 4 is 46.0 Å². The van der Waals surface area contributed by atoms with Gasteiger partial charge in [-0.25, -0.2) is 0 Å². The fraction of sp³-hybridized carbons (Fsp3) is 0.310. The molecular weight excluding hydrogens is 488 g/mol. The number of carbonyl (C=O) groups excluding carboxylic acids is 2. The SMILES string of the molecule is C#CCN(c1ccc(N(CC(=O)OC)Sc2ccc(OC)c(C)c2)c2ccccc12)C(C)CC(=O)OC. The molecule has 0 radical (unpaired) electrons. The minimum atomic E-state index is -0.355. The van der Waals surface area contributed by atoms with Crippen LogP contribution in [0.1, 0.15) is 18.9 Å². The van der Waals surface area contributed by atoms with Crippen molar-refractivity contribution in [3.05, 3.63) is 60.2 Å². The number of benzene rings is 3. The highest BCUT2D eigenvalue weighted by atomic mass is 32.2. The van der Waals surface area contributed by atoms with Crippen molar-refractivity contribution in [1.29, 1.82) is 0 Å². The molecule has 3 rings (SSSR count). The van der Waals surface area contributed by atoms with E-state index in [1.165, 1.54) is 26.2 Å². The molecule has 7 nitrogen and oxygen atoms in total. The van der Waals surface area contributed by atoms with Gasteiger partial charge in [-0.05, 0) is 61.7 Å². The molecule has 0 fully saturated rings. The van der Waals surface area contributed by atoms with Crippen LogP contribution in [0.4, 0.5) is 11.4 Å². The summed E-state index contributed by atoms with van der Waals surface area (Å²) in [5, 5.41) is 1.89. The Hall–Kier alpha value is -3.83. The van der Waals surface area contributed by atoms with Gasteiger partial charge >= 0.3 is 11.9 Å². The van der Waals surface area contributed by atoms with Crippen LogP contribution in [0.5, 0.6) is 5.75 Å². The number of rotatable bonds is 11. The van der Waals surface area contributed by atoms with Gasteiger partial charge in [-0.1, -0.05) is 30.2 Å². The summed E-state index contributed by atoms with van der Waals surface area (Å²) in [4.78, 5) is 27.4. The Morgan fingerprint density at radius 3 is 2.22 bits per heavy atom. The standard InChI is InChI=1S/C29H32N2O5S/c1-7-16-30(21(3)18-28(32)35-5)25-13-14-26(24-11-9-8-10-23(24)25)31(19-29(33)36-6)37-22-12-15-27(34-4)20(2)17-22/h1,8-15,17,21H,16,18-19H2,2-6H3. The summed E-state index contributed by atoms with van der Waals surface area (Å²) in [6.45, 7) is 4.30. The number of esters is 2. The van der Waals surface area contributed by atoms with Gasteiger partial charge in [0.2, 0.25) is 0 Å². The molecule has 0 aromatic heterocycles. The molecule has 1 atom stereocenters. The lowest BCUT2D eigenvalue weighted by Crippen LogP contribution is -2.35. The van der Waals surface area contributed by atoms with Crippen molar-refractivity contribution in [1.82, 2.24) is 0 Å². The van der Waals surface area contributed by atoms with Gasteiger partial charge in [0.05, 0.1) is 40.0 Å². The molecule has 8 heteroatoms. The first-order valence-corrected chi connectivity index (χ1v) is 12.6. The average molecular weight is 521 g/mol. The van der Waals surface area contributed by atoms with Gasteiger partial charge < -0.3 is 23.4 Å². The van der Waals surface area contributed by atoms with Crippen LogP contribution in [0.25, 0.3) is 10.8 Å². The second-order valence-electron chi connectivity index (χ2n) is 8.45. The fourth-order valence-electron chi connectivity index (χ4n) is 4.13. The number of carbonyl (C=O) groups is 2. The summed E-state index contributed by atoms with van der Waals surface area (Å²) in [5.74, 6) is 2.85. The number of aryl methyl sites for hydroxylation is 1. The third kappa shape index (κ3) is 6.69. The van der Waals surface area contributed by atoms with Crippen LogP contribution in [0.2, 0.25) is 0 Å². The van der Waals surface area contributed by atoms with E-state index in [0.717, 1.165) is 38.4 Å². The molecule has 0 heterocycles. The maximum absolute atomic E-state index is 12.4. The smallest absolute Gasteiger partial charge is 0.326 e. The molecule has 0 N–H and O–H groups in total. The van der Waals surface area contributed by atoms with Crippen molar-refractivity contribution in [3.8, 4) is 18.1 Å². The van der Waals surface area contributed by atoms with E-state index in [-0.39, 0.29) is 30.9 Å². The first-order valence-electron chi connectivity index (χ1n) is 11.8. The maximum atomic E-state index is 12.4. The van der Waals surface area contributed by atoms with Crippen molar-refractivity contribution in [2.24, 2.45) is 0 Å². The van der Waals surface area contributed by atoms with Crippen molar-refractivity contribution in [3.63, 3.8) is 0 Å². The quantitative estimate of drug-likeness (QED) is 0.193. The molecule has 0 saturated heterocycles. The van der Waals surface area contributed by atoms with E-state index in [9.17, 15) is 9.59 Å². The molecule has 1 unspecified atom stereocenters. The van der Waals surface area contributed by atoms with E-state index in [0.29, 0.717) is 6.54 Å². The van der Waals surface area contributed by atoms with Crippen LogP contribution < -0.4 is 13.9 Å². The van der Waals surface area contributed by atoms with Gasteiger partial charge in [0.15, 0.2) is 0 Å². The Bertz CT molecular complexity index is 1300. The summed E-state index contributed by atoms with van der Waals surface area (Å²) < 4.78 is 17.2. The van der Waals surface area contributed by atoms with Gasteiger partial charge in [-0.15, -0.1) is 6.42 Å². The predicted molar refractivity (Wildman–Crippen MR) is 149 cm³/mol. The minimum absolute atomic E-state index is 0.0440. The zero-order chi connectivity index (χ0) is 26.9. The van der Waals surface area contributed by atoms with Crippen LogP contribution in [-0.4, -0.2) is 52.4 Å². The second-order valence-corrected chi connectivity index (χ2v) is 9.54. The van der Waals surface area contributed by atoms with Crippen molar-refractivity contribution in [2.45, 2.75) is 31.2 Å². The van der Waals surface area contributed by atoms with Gasteiger partial charge in [-0.3, -0.25) is 9.59 Å². The van der Waals surface area contributed by atoms with Crippen molar-refractivity contribution < 1.29 is 23.8 Å². The zero-order valence-corrected chi connectivity index (χ0v) is 22.6. The van der Waals surface area contributed by atoms with E-state index in [4.69, 9.17) is 20.6 Å². The van der Waals surface area contributed by atoms with Gasteiger partial charge in [0.25, 0.3) is 0 Å². The maximum Gasteiger partial charge on any atom is 0.326 e. The van der Waals surface area contributed by atoms with Crippen LogP contribution >= 0.6 is 11.9 Å². The molecular formula is C29H32N2O5S. The zero-order valence-electron chi connectivity index (χ0n) is 21.8. The van der Waals surface area contributed by atoms with E-state index in [1.54, 1.807) is 7.11 Å². The molecule has 3 aromatic rings. The summed E-state index contributed by atoms with van der Waals surface area (Å²) in [6, 6.07) is 17.6. The third-order valence-corrected chi connectivity index (χ3v) is 7.03. The van der Waals surface area contributed by atoms with E-state index in [1.807, 2.05) is 77.6 Å². The normalized spacial score (nSPS) is 11.4.